The number of carbonyl (C=O) groups excluding carboxylic acids is 3. The fourth-order valence-electron chi connectivity index (χ4n) is 2.99. The minimum atomic E-state index is -1.11. The van der Waals surface area contributed by atoms with Gasteiger partial charge >= 0.3 is 0 Å². The van der Waals surface area contributed by atoms with Gasteiger partial charge < -0.3 is 21.1 Å². The highest BCUT2D eigenvalue weighted by molar-refractivity contribution is 8.01. The number of primary amides is 1. The number of hydrogen-bond donors (Lipinski definition) is 4. The topological polar surface area (TPSA) is 125 Å². The average molecular weight is 344 g/mol. The molecule has 5 N–H and O–H groups in total. The number of hydrogen-bond acceptors (Lipinski definition) is 6. The monoisotopic (exact) mass is 344 g/mol. The Kier molecular flexibility index (Phi) is 5.53. The van der Waals surface area contributed by atoms with Crippen molar-refractivity contribution in [3.8, 4) is 0 Å². The van der Waals surface area contributed by atoms with Crippen molar-refractivity contribution < 1.29 is 19.5 Å². The normalized spacial score (nSPS) is 30.0. The molecule has 8 nitrogen and oxygen atoms in total. The van der Waals surface area contributed by atoms with E-state index in [1.54, 1.807) is 23.6 Å². The first-order chi connectivity index (χ1) is 10.7. The van der Waals surface area contributed by atoms with E-state index in [9.17, 15) is 19.5 Å². The van der Waals surface area contributed by atoms with Gasteiger partial charge in [-0.25, -0.2) is 0 Å². The second-order valence-electron chi connectivity index (χ2n) is 6.18. The Hall–Kier alpha value is -1.32. The van der Waals surface area contributed by atoms with Crippen molar-refractivity contribution in [1.29, 1.82) is 0 Å². The van der Waals surface area contributed by atoms with Gasteiger partial charge in [0.05, 0.1) is 17.0 Å². The number of nitrogens with one attached hydrogen (secondary N) is 2. The number of piperidine rings is 1. The molecule has 0 aromatic heterocycles. The van der Waals surface area contributed by atoms with Gasteiger partial charge in [0.15, 0.2) is 0 Å². The summed E-state index contributed by atoms with van der Waals surface area (Å²) in [7, 11) is 0. The molecule has 2 heterocycles. The lowest BCUT2D eigenvalue weighted by molar-refractivity contribution is -0.131. The lowest BCUT2D eigenvalue weighted by atomic mass is 10.0. The predicted molar refractivity (Wildman–Crippen MR) is 86.4 cm³/mol. The van der Waals surface area contributed by atoms with Crippen LogP contribution >= 0.6 is 11.8 Å². The Balaban J connectivity index is 1.97. The molecule has 0 aromatic carbocycles. The molecule has 0 bridgehead atoms. The average Bonchev–Trinajstić information content (AvgIpc) is 2.87. The van der Waals surface area contributed by atoms with Crippen LogP contribution in [-0.2, 0) is 14.4 Å². The third kappa shape index (κ3) is 4.15. The molecule has 2 fully saturated rings. The molecule has 130 valence electrons. The van der Waals surface area contributed by atoms with Crippen LogP contribution in [0.4, 0.5) is 0 Å². The Morgan fingerprint density at radius 1 is 1.48 bits per heavy atom. The van der Waals surface area contributed by atoms with Gasteiger partial charge in [0.25, 0.3) is 0 Å². The molecule has 0 radical (unpaired) electrons. The fourth-order valence-corrected chi connectivity index (χ4v) is 4.48. The maximum Gasteiger partial charge on any atom is 0.242 e. The van der Waals surface area contributed by atoms with E-state index in [0.717, 1.165) is 19.4 Å². The quantitative estimate of drug-likeness (QED) is 0.486. The van der Waals surface area contributed by atoms with Gasteiger partial charge in [-0.05, 0) is 19.8 Å². The van der Waals surface area contributed by atoms with Crippen LogP contribution in [0.15, 0.2) is 0 Å². The van der Waals surface area contributed by atoms with Crippen LogP contribution in [0.5, 0.6) is 0 Å². The second kappa shape index (κ2) is 7.06. The van der Waals surface area contributed by atoms with Gasteiger partial charge in [-0.15, -0.1) is 11.8 Å². The van der Waals surface area contributed by atoms with E-state index in [4.69, 9.17) is 5.73 Å². The van der Waals surface area contributed by atoms with Gasteiger partial charge in [-0.3, -0.25) is 19.7 Å². The largest absolute Gasteiger partial charge is 0.391 e. The summed E-state index contributed by atoms with van der Waals surface area (Å²) in [5.74, 6) is -0.557. The van der Waals surface area contributed by atoms with Crippen molar-refractivity contribution in [1.82, 2.24) is 15.5 Å². The van der Waals surface area contributed by atoms with Crippen molar-refractivity contribution in [3.63, 3.8) is 0 Å². The first kappa shape index (κ1) is 18.0. The number of thioether (sulfide) groups is 1. The predicted octanol–water partition coefficient (Wildman–Crippen LogP) is -1.62. The van der Waals surface area contributed by atoms with E-state index in [2.05, 4.69) is 10.6 Å². The zero-order valence-corrected chi connectivity index (χ0v) is 14.2. The zero-order chi connectivity index (χ0) is 17.2. The summed E-state index contributed by atoms with van der Waals surface area (Å²) in [4.78, 5) is 36.6. The third-order valence-corrected chi connectivity index (χ3v) is 5.77. The van der Waals surface area contributed by atoms with Crippen LogP contribution in [0, 0.1) is 0 Å². The number of aliphatic hydroxyl groups excluding tert-OH is 1. The second-order valence-corrected chi connectivity index (χ2v) is 7.58. The minimum absolute atomic E-state index is 0.0299. The lowest BCUT2D eigenvalue weighted by Crippen LogP contribution is -2.59. The zero-order valence-electron chi connectivity index (χ0n) is 13.4. The maximum atomic E-state index is 12.3. The standard InChI is InChI=1S/C14H24N4O4S/c1-8(19)11(12(15)21)16-13(22)10-6-23-14(17-10)4-3-5-18(7-14)9(2)20/h8,10-11,17,19H,3-7H2,1-2H3,(H2,15,21)(H,16,22)/t8-,10?,11+,14?/m1/s1. The highest BCUT2D eigenvalue weighted by Gasteiger charge is 2.45. The molecule has 2 unspecified atom stereocenters. The molecule has 2 rings (SSSR count). The summed E-state index contributed by atoms with van der Waals surface area (Å²) in [5, 5.41) is 15.3. The van der Waals surface area contributed by atoms with Crippen LogP contribution in [0.25, 0.3) is 0 Å². The van der Waals surface area contributed by atoms with E-state index in [-0.39, 0.29) is 16.7 Å². The summed E-state index contributed by atoms with van der Waals surface area (Å²) in [6, 6.07) is -1.58. The molecule has 0 saturated carbocycles. The van der Waals surface area contributed by atoms with Crippen LogP contribution < -0.4 is 16.4 Å². The first-order valence-corrected chi connectivity index (χ1v) is 8.67. The van der Waals surface area contributed by atoms with Crippen LogP contribution in [-0.4, -0.2) is 69.6 Å². The van der Waals surface area contributed by atoms with E-state index in [1.807, 2.05) is 0 Å². The van der Waals surface area contributed by atoms with Gasteiger partial charge in [0, 0.05) is 25.8 Å². The molecule has 4 atom stereocenters. The lowest BCUT2D eigenvalue weighted by Gasteiger charge is -2.39. The molecule has 23 heavy (non-hydrogen) atoms. The van der Waals surface area contributed by atoms with E-state index < -0.39 is 24.1 Å². The number of carbonyl (C=O) groups is 3. The summed E-state index contributed by atoms with van der Waals surface area (Å²) in [5.41, 5.74) is 5.19. The Morgan fingerprint density at radius 2 is 2.17 bits per heavy atom. The summed E-state index contributed by atoms with van der Waals surface area (Å²) in [6.07, 6.45) is 0.703. The maximum absolute atomic E-state index is 12.3. The van der Waals surface area contributed by atoms with Crippen molar-refractivity contribution in [2.45, 2.75) is 49.7 Å². The number of aliphatic hydroxyl groups is 1. The molecule has 2 aliphatic heterocycles. The first-order valence-electron chi connectivity index (χ1n) is 7.69. The molecule has 2 saturated heterocycles. The van der Waals surface area contributed by atoms with E-state index in [0.29, 0.717) is 12.3 Å². The van der Waals surface area contributed by atoms with Gasteiger partial charge in [-0.1, -0.05) is 0 Å². The van der Waals surface area contributed by atoms with Crippen molar-refractivity contribution in [3.05, 3.63) is 0 Å². The number of nitrogens with zero attached hydrogens (tertiary/aromatic N) is 1. The highest BCUT2D eigenvalue weighted by atomic mass is 32.2. The van der Waals surface area contributed by atoms with Crippen LogP contribution in [0.2, 0.25) is 0 Å². The Morgan fingerprint density at radius 3 is 2.74 bits per heavy atom. The molecule has 2 aliphatic rings. The van der Waals surface area contributed by atoms with Gasteiger partial charge in [0.2, 0.25) is 17.7 Å². The smallest absolute Gasteiger partial charge is 0.242 e. The van der Waals surface area contributed by atoms with E-state index >= 15 is 0 Å². The SMILES string of the molecule is CC(=O)N1CCCC2(C1)NC(C(=O)N[C@H](C(N)=O)[C@@H](C)O)CS2. The van der Waals surface area contributed by atoms with Crippen LogP contribution in [0.3, 0.4) is 0 Å². The molecule has 9 heteroatoms. The van der Waals surface area contributed by atoms with Crippen molar-refractivity contribution in [2.75, 3.05) is 18.8 Å². The highest BCUT2D eigenvalue weighted by Crippen LogP contribution is 2.38. The van der Waals surface area contributed by atoms with Crippen molar-refractivity contribution >= 4 is 29.5 Å². The summed E-state index contributed by atoms with van der Waals surface area (Å²) >= 11 is 1.62. The van der Waals surface area contributed by atoms with Crippen molar-refractivity contribution in [2.24, 2.45) is 5.73 Å². The minimum Gasteiger partial charge on any atom is -0.391 e. The van der Waals surface area contributed by atoms with Gasteiger partial charge in [-0.2, -0.15) is 0 Å². The number of amides is 3. The molecule has 0 aliphatic carbocycles. The molecule has 1 spiro atoms. The number of rotatable bonds is 4. The molecular weight excluding hydrogens is 320 g/mol. The molecular formula is C14H24N4O4S. The number of nitrogens with two attached hydrogens (primary N) is 1. The number of likely N-dealkylation sites (tertiary alicyclic amines) is 1. The summed E-state index contributed by atoms with van der Waals surface area (Å²) in [6.45, 7) is 4.25. The fraction of sp³-hybridized carbons (Fsp3) is 0.786. The molecule has 0 aromatic rings. The van der Waals surface area contributed by atoms with Gasteiger partial charge in [0.1, 0.15) is 6.04 Å². The summed E-state index contributed by atoms with van der Waals surface area (Å²) < 4.78 is 0. The van der Waals surface area contributed by atoms with E-state index in [1.165, 1.54) is 6.92 Å². The molecule has 3 amide bonds. The Labute approximate surface area is 139 Å². The Bertz CT molecular complexity index is 501. The third-order valence-electron chi connectivity index (χ3n) is 4.27. The van der Waals surface area contributed by atoms with Crippen LogP contribution in [0.1, 0.15) is 26.7 Å².